The molecule has 0 bridgehead atoms. The number of imidazole rings is 1. The number of hydrogen-bond donors (Lipinski definition) is 4. The summed E-state index contributed by atoms with van der Waals surface area (Å²) in [6.45, 7) is 8.49. The number of fused-ring (bicyclic) bond motifs is 1. The minimum Gasteiger partial charge on any atom is -0.507 e. The van der Waals surface area contributed by atoms with Crippen molar-refractivity contribution in [2.45, 2.75) is 142 Å². The fourth-order valence-electron chi connectivity index (χ4n) is 6.29. The lowest BCUT2D eigenvalue weighted by Crippen LogP contribution is -2.44. The molecule has 2 aromatic rings. The van der Waals surface area contributed by atoms with Gasteiger partial charge in [-0.05, 0) is 76.5 Å². The number of amides is 2. The zero-order valence-electron chi connectivity index (χ0n) is 28.7. The van der Waals surface area contributed by atoms with E-state index in [-0.39, 0.29) is 36.8 Å². The molecular formula is C36H56N4O6. The maximum absolute atomic E-state index is 12.3. The summed E-state index contributed by atoms with van der Waals surface area (Å²) in [4.78, 5) is 43.3. The topological polar surface area (TPSA) is 143 Å². The summed E-state index contributed by atoms with van der Waals surface area (Å²) in [6, 6.07) is -0.811. The van der Waals surface area contributed by atoms with Gasteiger partial charge in [0.1, 0.15) is 23.1 Å². The largest absolute Gasteiger partial charge is 0.507 e. The molecule has 1 aromatic carbocycles. The first kappa shape index (κ1) is 36.9. The molecule has 0 fully saturated rings. The van der Waals surface area contributed by atoms with Crippen LogP contribution in [0.25, 0.3) is 0 Å². The average Bonchev–Trinajstić information content (AvgIpc) is 3.55. The van der Waals surface area contributed by atoms with Crippen molar-refractivity contribution in [1.82, 2.24) is 20.6 Å². The highest BCUT2D eigenvalue weighted by Crippen LogP contribution is 2.44. The Bertz CT molecular complexity index is 1280. The van der Waals surface area contributed by atoms with Gasteiger partial charge in [0.15, 0.2) is 0 Å². The van der Waals surface area contributed by atoms with Gasteiger partial charge in [0.05, 0.1) is 13.4 Å². The molecule has 1 aliphatic rings. The average molecular weight is 641 g/mol. The third-order valence-electron chi connectivity index (χ3n) is 9.43. The fourth-order valence-corrected chi connectivity index (χ4v) is 6.29. The van der Waals surface area contributed by atoms with Crippen LogP contribution in [0.3, 0.4) is 0 Å². The summed E-state index contributed by atoms with van der Waals surface area (Å²) >= 11 is 0. The minimum absolute atomic E-state index is 0.0499. The van der Waals surface area contributed by atoms with Crippen LogP contribution in [0.15, 0.2) is 12.5 Å². The van der Waals surface area contributed by atoms with E-state index in [9.17, 15) is 19.5 Å². The van der Waals surface area contributed by atoms with E-state index in [0.717, 1.165) is 61.0 Å². The van der Waals surface area contributed by atoms with Gasteiger partial charge < -0.3 is 30.2 Å². The van der Waals surface area contributed by atoms with E-state index >= 15 is 0 Å². The summed E-state index contributed by atoms with van der Waals surface area (Å²) in [5.41, 5.74) is 4.72. The number of phenolic OH excluding ortho intramolecular Hbond substituents is 1. The Kier molecular flexibility index (Phi) is 14.9. The number of nitrogens with zero attached hydrogens (tertiary/aromatic N) is 1. The van der Waals surface area contributed by atoms with Crippen molar-refractivity contribution in [3.63, 3.8) is 0 Å². The van der Waals surface area contributed by atoms with Gasteiger partial charge in [-0.25, -0.2) is 9.78 Å². The molecule has 0 saturated heterocycles. The van der Waals surface area contributed by atoms with E-state index < -0.39 is 12.0 Å². The van der Waals surface area contributed by atoms with Gasteiger partial charge in [-0.1, -0.05) is 51.4 Å². The minimum atomic E-state index is -0.811. The van der Waals surface area contributed by atoms with Crippen LogP contribution in [0.1, 0.15) is 125 Å². The number of ether oxygens (including phenoxy) is 2. The highest BCUT2D eigenvalue weighted by atomic mass is 16.5. The SMILES string of the molecule is COC(=O)[C@@H](Cc1cnc[nH]1)NC(=O)CCNC(=O)CCCCCCCCCCCCC1(C)CCc2c(C)c(O)c(C)c(C)c2O1. The zero-order chi connectivity index (χ0) is 33.5. The molecular weight excluding hydrogens is 584 g/mol. The molecule has 4 N–H and O–H groups in total. The van der Waals surface area contributed by atoms with Crippen molar-refractivity contribution in [1.29, 1.82) is 0 Å². The summed E-state index contributed by atoms with van der Waals surface area (Å²) in [5.74, 6) is 0.510. The Labute approximate surface area is 274 Å². The van der Waals surface area contributed by atoms with Crippen LogP contribution < -0.4 is 15.4 Å². The second-order valence-corrected chi connectivity index (χ2v) is 13.1. The fraction of sp³-hybridized carbons (Fsp3) is 0.667. The van der Waals surface area contributed by atoms with Crippen LogP contribution in [0.2, 0.25) is 0 Å². The molecule has 2 atom stereocenters. The van der Waals surface area contributed by atoms with Crippen molar-refractivity contribution in [3.8, 4) is 11.5 Å². The van der Waals surface area contributed by atoms with E-state index in [1.54, 1.807) is 6.20 Å². The molecule has 46 heavy (non-hydrogen) atoms. The van der Waals surface area contributed by atoms with Crippen LogP contribution in [-0.2, 0) is 32.0 Å². The lowest BCUT2D eigenvalue weighted by molar-refractivity contribution is -0.145. The number of hydrogen-bond acceptors (Lipinski definition) is 7. The molecule has 10 nitrogen and oxygen atoms in total. The quantitative estimate of drug-likeness (QED) is 0.0995. The van der Waals surface area contributed by atoms with E-state index in [4.69, 9.17) is 9.47 Å². The number of esters is 1. The van der Waals surface area contributed by atoms with Gasteiger partial charge in [-0.2, -0.15) is 0 Å². The van der Waals surface area contributed by atoms with Crippen LogP contribution in [0.4, 0.5) is 0 Å². The normalized spacial score (nSPS) is 16.3. The molecule has 1 unspecified atom stereocenters. The number of benzene rings is 1. The molecule has 0 radical (unpaired) electrons. The molecule has 0 saturated carbocycles. The number of unbranched alkanes of at least 4 members (excludes halogenated alkanes) is 9. The summed E-state index contributed by atoms with van der Waals surface area (Å²) in [6.07, 6.45) is 18.5. The number of aromatic nitrogens is 2. The number of methoxy groups -OCH3 is 1. The lowest BCUT2D eigenvalue weighted by atomic mass is 9.84. The van der Waals surface area contributed by atoms with Crippen molar-refractivity contribution >= 4 is 17.8 Å². The van der Waals surface area contributed by atoms with Gasteiger partial charge in [-0.3, -0.25) is 9.59 Å². The first-order chi connectivity index (χ1) is 22.0. The highest BCUT2D eigenvalue weighted by molar-refractivity contribution is 5.85. The summed E-state index contributed by atoms with van der Waals surface area (Å²) in [5, 5.41) is 15.9. The molecule has 2 heterocycles. The first-order valence-corrected chi connectivity index (χ1v) is 17.2. The van der Waals surface area contributed by atoms with Crippen molar-refractivity contribution in [2.24, 2.45) is 0 Å². The third-order valence-corrected chi connectivity index (χ3v) is 9.43. The van der Waals surface area contributed by atoms with Gasteiger partial charge in [0.25, 0.3) is 0 Å². The van der Waals surface area contributed by atoms with Crippen LogP contribution in [-0.4, -0.2) is 58.2 Å². The van der Waals surface area contributed by atoms with E-state index in [2.05, 4.69) is 34.4 Å². The molecule has 0 spiro atoms. The Morgan fingerprint density at radius 3 is 2.24 bits per heavy atom. The predicted octanol–water partition coefficient (Wildman–Crippen LogP) is 6.21. The Balaban J connectivity index is 1.15. The Morgan fingerprint density at radius 2 is 1.61 bits per heavy atom. The van der Waals surface area contributed by atoms with Crippen molar-refractivity contribution in [3.05, 3.63) is 40.5 Å². The third kappa shape index (κ3) is 11.4. The Hall–Kier alpha value is -3.56. The predicted molar refractivity (Wildman–Crippen MR) is 179 cm³/mol. The molecule has 1 aromatic heterocycles. The van der Waals surface area contributed by atoms with Crippen LogP contribution in [0.5, 0.6) is 11.5 Å². The van der Waals surface area contributed by atoms with Crippen molar-refractivity contribution < 1.29 is 29.0 Å². The summed E-state index contributed by atoms with van der Waals surface area (Å²) in [7, 11) is 1.28. The van der Waals surface area contributed by atoms with E-state index in [1.165, 1.54) is 63.9 Å². The number of nitrogens with one attached hydrogen (secondary N) is 3. The van der Waals surface area contributed by atoms with Crippen LogP contribution in [0, 0.1) is 20.8 Å². The van der Waals surface area contributed by atoms with E-state index in [1.807, 2.05) is 13.8 Å². The maximum atomic E-state index is 12.3. The number of H-pyrrole nitrogens is 1. The number of carbonyl (C=O) groups excluding carboxylic acids is 3. The maximum Gasteiger partial charge on any atom is 0.328 e. The smallest absolute Gasteiger partial charge is 0.328 e. The standard InChI is InChI=1S/C36H56N4O6/c1-25-26(2)34-29(27(3)33(25)43)17-20-36(4,46-34)19-15-13-11-9-7-6-8-10-12-14-16-31(41)38-21-18-32(42)40-30(35(44)45-5)22-28-23-37-24-39-28/h23-24,30,43H,6-22H2,1-5H3,(H,37,39)(H,38,41)(H,40,42)/t30-,36?/m1/s1. The Morgan fingerprint density at radius 1 is 0.957 bits per heavy atom. The molecule has 10 heteroatoms. The number of phenols is 1. The zero-order valence-corrected chi connectivity index (χ0v) is 28.7. The second kappa shape index (κ2) is 18.6. The van der Waals surface area contributed by atoms with Gasteiger partial charge in [0, 0.05) is 43.3 Å². The lowest BCUT2D eigenvalue weighted by Gasteiger charge is -2.38. The van der Waals surface area contributed by atoms with Gasteiger partial charge in [-0.15, -0.1) is 0 Å². The molecule has 1 aliphatic heterocycles. The van der Waals surface area contributed by atoms with Crippen molar-refractivity contribution in [2.75, 3.05) is 13.7 Å². The summed E-state index contributed by atoms with van der Waals surface area (Å²) < 4.78 is 11.4. The molecule has 256 valence electrons. The number of aromatic hydroxyl groups is 1. The molecule has 3 rings (SSSR count). The van der Waals surface area contributed by atoms with E-state index in [0.29, 0.717) is 17.9 Å². The van der Waals surface area contributed by atoms with Gasteiger partial charge >= 0.3 is 5.97 Å². The second-order valence-electron chi connectivity index (χ2n) is 13.1. The highest BCUT2D eigenvalue weighted by Gasteiger charge is 2.34. The van der Waals surface area contributed by atoms with Gasteiger partial charge in [0.2, 0.25) is 11.8 Å². The number of rotatable bonds is 20. The first-order valence-electron chi connectivity index (χ1n) is 17.2. The molecule has 0 aliphatic carbocycles. The molecule has 2 amide bonds. The monoisotopic (exact) mass is 640 g/mol. The number of aromatic amines is 1. The van der Waals surface area contributed by atoms with Crippen LogP contribution >= 0.6 is 0 Å². The number of carbonyl (C=O) groups is 3.